The van der Waals surface area contributed by atoms with E-state index < -0.39 is 5.41 Å². The van der Waals surface area contributed by atoms with Gasteiger partial charge in [0.05, 0.1) is 18.3 Å². The number of hydrogen-bond donors (Lipinski definition) is 1. The first kappa shape index (κ1) is 13.2. The number of hydrogen-bond acceptors (Lipinski definition) is 4. The minimum absolute atomic E-state index is 0.251. The van der Waals surface area contributed by atoms with Gasteiger partial charge in [0.25, 0.3) is 0 Å². The van der Waals surface area contributed by atoms with Crippen molar-refractivity contribution in [2.24, 2.45) is 5.41 Å². The Morgan fingerprint density at radius 1 is 1.59 bits per heavy atom. The fraction of sp³-hybridized carbons (Fsp3) is 0.583. The molecule has 17 heavy (non-hydrogen) atoms. The molecule has 0 saturated carbocycles. The molecule has 1 aromatic heterocycles. The van der Waals surface area contributed by atoms with Gasteiger partial charge < -0.3 is 9.84 Å². The van der Waals surface area contributed by atoms with E-state index in [0.717, 1.165) is 5.69 Å². The van der Waals surface area contributed by atoms with E-state index in [1.165, 1.54) is 0 Å². The van der Waals surface area contributed by atoms with Crippen LogP contribution in [0, 0.1) is 23.7 Å². The number of aryl methyl sites for hydroxylation is 1. The summed E-state index contributed by atoms with van der Waals surface area (Å²) >= 11 is 0. The number of nitrogens with zero attached hydrogens (tertiary/aromatic N) is 2. The topological polar surface area (TPSA) is 78.9 Å². The van der Waals surface area contributed by atoms with Gasteiger partial charge in [-0.2, -0.15) is 5.26 Å². The van der Waals surface area contributed by atoms with Crippen LogP contribution in [0.3, 0.4) is 0 Å². The molecule has 0 bridgehead atoms. The Balaban J connectivity index is 2.63. The number of carbonyl (C=O) groups excluding carboxylic acids is 1. The third-order valence-corrected chi connectivity index (χ3v) is 2.96. The molecule has 0 spiro atoms. The molecular weight excluding hydrogens is 218 g/mol. The van der Waals surface area contributed by atoms with E-state index in [-0.39, 0.29) is 12.5 Å². The summed E-state index contributed by atoms with van der Waals surface area (Å²) in [6.07, 6.45) is 1.00. The van der Waals surface area contributed by atoms with E-state index in [1.807, 2.05) is 20.8 Å². The summed E-state index contributed by atoms with van der Waals surface area (Å²) in [7, 11) is 0. The van der Waals surface area contributed by atoms with E-state index in [4.69, 9.17) is 9.78 Å². The number of rotatable bonds is 5. The number of carbonyl (C=O) groups is 1. The van der Waals surface area contributed by atoms with Crippen molar-refractivity contribution in [3.8, 4) is 6.07 Å². The molecule has 1 amide bonds. The molecule has 0 aliphatic rings. The largest absolute Gasteiger partial charge is 0.359 e. The third-order valence-electron chi connectivity index (χ3n) is 2.96. The predicted octanol–water partition coefficient (Wildman–Crippen LogP) is 1.93. The van der Waals surface area contributed by atoms with Crippen LogP contribution in [0.5, 0.6) is 0 Å². The van der Waals surface area contributed by atoms with Gasteiger partial charge in [0.2, 0.25) is 5.91 Å². The van der Waals surface area contributed by atoms with Crippen LogP contribution in [-0.2, 0) is 11.3 Å². The fourth-order valence-electron chi connectivity index (χ4n) is 1.62. The molecule has 1 aromatic rings. The number of nitrogens with one attached hydrogen (secondary N) is 1. The van der Waals surface area contributed by atoms with E-state index in [0.29, 0.717) is 18.6 Å². The summed E-state index contributed by atoms with van der Waals surface area (Å²) in [6, 6.07) is 3.85. The minimum atomic E-state index is -0.935. The Morgan fingerprint density at radius 3 is 2.65 bits per heavy atom. The first-order valence-corrected chi connectivity index (χ1v) is 5.69. The van der Waals surface area contributed by atoms with Crippen molar-refractivity contribution in [2.75, 3.05) is 0 Å². The van der Waals surface area contributed by atoms with Crippen LogP contribution in [0.4, 0.5) is 0 Å². The summed E-state index contributed by atoms with van der Waals surface area (Å²) in [5.74, 6) is 0.342. The summed E-state index contributed by atoms with van der Waals surface area (Å²) in [4.78, 5) is 11.9. The zero-order chi connectivity index (χ0) is 12.9. The second kappa shape index (κ2) is 5.48. The van der Waals surface area contributed by atoms with Gasteiger partial charge in [0.15, 0.2) is 5.76 Å². The molecule has 0 fully saturated rings. The van der Waals surface area contributed by atoms with Crippen LogP contribution in [0.1, 0.15) is 38.1 Å². The normalized spacial score (nSPS) is 10.9. The number of aromatic nitrogens is 1. The van der Waals surface area contributed by atoms with Crippen LogP contribution in [0.15, 0.2) is 10.6 Å². The lowest BCUT2D eigenvalue weighted by atomic mass is 9.83. The van der Waals surface area contributed by atoms with Gasteiger partial charge in [-0.3, -0.25) is 4.79 Å². The Bertz CT molecular complexity index is 427. The monoisotopic (exact) mass is 235 g/mol. The maximum atomic E-state index is 11.9. The molecule has 92 valence electrons. The maximum Gasteiger partial charge on any atom is 0.240 e. The smallest absolute Gasteiger partial charge is 0.240 e. The molecule has 0 aromatic carbocycles. The first-order chi connectivity index (χ1) is 8.07. The van der Waals surface area contributed by atoms with E-state index >= 15 is 0 Å². The summed E-state index contributed by atoms with van der Waals surface area (Å²) in [6.45, 7) is 5.76. The molecule has 1 heterocycles. The van der Waals surface area contributed by atoms with Crippen LogP contribution in [-0.4, -0.2) is 11.1 Å². The summed E-state index contributed by atoms with van der Waals surface area (Å²) in [5, 5.41) is 15.5. The molecule has 0 saturated heterocycles. The molecule has 0 aliphatic heterocycles. The summed E-state index contributed by atoms with van der Waals surface area (Å²) in [5.41, 5.74) is -0.165. The Hall–Kier alpha value is -1.83. The van der Waals surface area contributed by atoms with Crippen molar-refractivity contribution in [2.45, 2.75) is 40.2 Å². The van der Waals surface area contributed by atoms with Crippen molar-refractivity contribution in [1.82, 2.24) is 10.5 Å². The van der Waals surface area contributed by atoms with Gasteiger partial charge >= 0.3 is 0 Å². The Morgan fingerprint density at radius 2 is 2.24 bits per heavy atom. The minimum Gasteiger partial charge on any atom is -0.359 e. The van der Waals surface area contributed by atoms with Crippen molar-refractivity contribution in [3.05, 3.63) is 17.5 Å². The molecule has 0 atom stereocenters. The molecule has 0 radical (unpaired) electrons. The number of nitriles is 1. The first-order valence-electron chi connectivity index (χ1n) is 5.69. The quantitative estimate of drug-likeness (QED) is 0.845. The third kappa shape index (κ3) is 2.84. The highest BCUT2D eigenvalue weighted by Crippen LogP contribution is 2.25. The lowest BCUT2D eigenvalue weighted by Gasteiger charge is -2.21. The molecule has 0 aliphatic carbocycles. The second-order valence-corrected chi connectivity index (χ2v) is 4.02. The molecule has 0 unspecified atom stereocenters. The highest BCUT2D eigenvalue weighted by atomic mass is 16.5. The van der Waals surface area contributed by atoms with Gasteiger partial charge in [-0.15, -0.1) is 0 Å². The van der Waals surface area contributed by atoms with Crippen molar-refractivity contribution in [3.63, 3.8) is 0 Å². The average Bonchev–Trinajstić information content (AvgIpc) is 2.75. The van der Waals surface area contributed by atoms with Crippen LogP contribution < -0.4 is 5.32 Å². The molecule has 1 N–H and O–H groups in total. The number of amides is 1. The van der Waals surface area contributed by atoms with Crippen LogP contribution in [0.25, 0.3) is 0 Å². The lowest BCUT2D eigenvalue weighted by molar-refractivity contribution is -0.128. The van der Waals surface area contributed by atoms with Crippen molar-refractivity contribution in [1.29, 1.82) is 5.26 Å². The highest BCUT2D eigenvalue weighted by Gasteiger charge is 2.34. The standard InChI is InChI=1S/C12H17N3O2/c1-4-12(5-2,8-13)11(16)14-7-10-6-9(3)15-17-10/h6H,4-5,7H2,1-3H3,(H,14,16). The van der Waals surface area contributed by atoms with Gasteiger partial charge in [-0.1, -0.05) is 19.0 Å². The SMILES string of the molecule is CCC(C#N)(CC)C(=O)NCc1cc(C)no1. The van der Waals surface area contributed by atoms with E-state index in [1.54, 1.807) is 6.07 Å². The molecule has 5 nitrogen and oxygen atoms in total. The summed E-state index contributed by atoms with van der Waals surface area (Å²) < 4.78 is 4.98. The zero-order valence-corrected chi connectivity index (χ0v) is 10.4. The molecule has 5 heteroatoms. The van der Waals surface area contributed by atoms with E-state index in [9.17, 15) is 4.79 Å². The molecular formula is C12H17N3O2. The average molecular weight is 235 g/mol. The zero-order valence-electron chi connectivity index (χ0n) is 10.4. The van der Waals surface area contributed by atoms with Gasteiger partial charge in [0.1, 0.15) is 5.41 Å². The van der Waals surface area contributed by atoms with E-state index in [2.05, 4.69) is 16.5 Å². The second-order valence-electron chi connectivity index (χ2n) is 4.02. The van der Waals surface area contributed by atoms with Gasteiger partial charge in [-0.05, 0) is 19.8 Å². The lowest BCUT2D eigenvalue weighted by Crippen LogP contribution is -2.38. The van der Waals surface area contributed by atoms with Crippen LogP contribution in [0.2, 0.25) is 0 Å². The predicted molar refractivity (Wildman–Crippen MR) is 61.7 cm³/mol. The molecule has 1 rings (SSSR count). The Kier molecular flexibility index (Phi) is 4.27. The van der Waals surface area contributed by atoms with Gasteiger partial charge in [0, 0.05) is 6.07 Å². The highest BCUT2D eigenvalue weighted by molar-refractivity contribution is 5.85. The Labute approximate surface area is 101 Å². The van der Waals surface area contributed by atoms with Gasteiger partial charge in [-0.25, -0.2) is 0 Å². The van der Waals surface area contributed by atoms with Crippen molar-refractivity contribution < 1.29 is 9.32 Å². The van der Waals surface area contributed by atoms with Crippen molar-refractivity contribution >= 4 is 5.91 Å². The van der Waals surface area contributed by atoms with Crippen LogP contribution >= 0.6 is 0 Å². The fourth-order valence-corrected chi connectivity index (χ4v) is 1.62. The maximum absolute atomic E-state index is 11.9.